The summed E-state index contributed by atoms with van der Waals surface area (Å²) < 4.78 is 10.0. The number of carbonyl (C=O) groups excluding carboxylic acids is 3. The van der Waals surface area contributed by atoms with Gasteiger partial charge in [0.15, 0.2) is 0 Å². The Hall–Kier alpha value is -1.63. The molecule has 0 aromatic rings. The molecule has 0 aromatic carbocycles. The Kier molecular flexibility index (Phi) is 7.20. The van der Waals surface area contributed by atoms with Crippen molar-refractivity contribution in [3.05, 3.63) is 0 Å². The zero-order valence-electron chi connectivity index (χ0n) is 15.3. The number of rotatable bonds is 7. The molecule has 0 aliphatic heterocycles. The minimum absolute atomic E-state index is 0.118. The summed E-state index contributed by atoms with van der Waals surface area (Å²) in [4.78, 5) is 36.0. The van der Waals surface area contributed by atoms with Crippen molar-refractivity contribution >= 4 is 18.0 Å². The number of alkyl carbamates (subject to hydrolysis) is 1. The van der Waals surface area contributed by atoms with E-state index in [2.05, 4.69) is 5.32 Å². The molecule has 1 amide bonds. The summed E-state index contributed by atoms with van der Waals surface area (Å²) in [7, 11) is 0. The molecule has 1 rings (SSSR count). The molecular formula is C17H30N2O5. The quantitative estimate of drug-likeness (QED) is 0.542. The Morgan fingerprint density at radius 3 is 2.21 bits per heavy atom. The van der Waals surface area contributed by atoms with Crippen molar-refractivity contribution in [3.63, 3.8) is 0 Å². The Morgan fingerprint density at radius 1 is 1.17 bits per heavy atom. The van der Waals surface area contributed by atoms with Crippen LogP contribution < -0.4 is 11.1 Å². The SMILES string of the molecule is CC(C)C[C@@H](NC(=O)OC(C)(C)C)C(=O)OC(=O)[C@@H](N)CC1CC1. The molecule has 1 aliphatic carbocycles. The number of ether oxygens (including phenoxy) is 2. The Morgan fingerprint density at radius 2 is 1.75 bits per heavy atom. The third-order valence-corrected chi connectivity index (χ3v) is 3.47. The fourth-order valence-corrected chi connectivity index (χ4v) is 2.19. The van der Waals surface area contributed by atoms with E-state index in [-0.39, 0.29) is 5.92 Å². The largest absolute Gasteiger partial charge is 0.444 e. The van der Waals surface area contributed by atoms with E-state index in [4.69, 9.17) is 15.2 Å². The lowest BCUT2D eigenvalue weighted by atomic mass is 10.0. The van der Waals surface area contributed by atoms with Crippen molar-refractivity contribution < 1.29 is 23.9 Å². The molecule has 1 aliphatic rings. The second-order valence-electron chi connectivity index (χ2n) is 7.85. The van der Waals surface area contributed by atoms with Gasteiger partial charge in [-0.05, 0) is 45.4 Å². The van der Waals surface area contributed by atoms with Gasteiger partial charge in [0.1, 0.15) is 17.7 Å². The first-order chi connectivity index (χ1) is 11.0. The highest BCUT2D eigenvalue weighted by molar-refractivity contribution is 5.92. The third kappa shape index (κ3) is 8.29. The van der Waals surface area contributed by atoms with Crippen molar-refractivity contribution in [2.45, 2.75) is 78.0 Å². The second-order valence-corrected chi connectivity index (χ2v) is 7.85. The van der Waals surface area contributed by atoms with Crippen molar-refractivity contribution in [1.29, 1.82) is 0 Å². The van der Waals surface area contributed by atoms with Crippen molar-refractivity contribution in [2.75, 3.05) is 0 Å². The molecule has 1 saturated carbocycles. The van der Waals surface area contributed by atoms with E-state index >= 15 is 0 Å². The normalized spacial score (nSPS) is 17.1. The maximum absolute atomic E-state index is 12.2. The number of carbonyl (C=O) groups is 3. The van der Waals surface area contributed by atoms with E-state index in [0.29, 0.717) is 18.8 Å². The summed E-state index contributed by atoms with van der Waals surface area (Å²) in [6.45, 7) is 8.98. The van der Waals surface area contributed by atoms with E-state index in [1.807, 2.05) is 13.8 Å². The number of hydrogen-bond acceptors (Lipinski definition) is 6. The van der Waals surface area contributed by atoms with Crippen LogP contribution in [0.4, 0.5) is 4.79 Å². The maximum Gasteiger partial charge on any atom is 0.408 e. The first kappa shape index (κ1) is 20.4. The second kappa shape index (κ2) is 8.46. The molecule has 0 aromatic heterocycles. The predicted molar refractivity (Wildman–Crippen MR) is 89.0 cm³/mol. The minimum Gasteiger partial charge on any atom is -0.444 e. The van der Waals surface area contributed by atoms with Crippen LogP contribution in [-0.2, 0) is 19.1 Å². The third-order valence-electron chi connectivity index (χ3n) is 3.47. The van der Waals surface area contributed by atoms with E-state index in [9.17, 15) is 14.4 Å². The van der Waals surface area contributed by atoms with Crippen LogP contribution in [0.15, 0.2) is 0 Å². The first-order valence-corrected chi connectivity index (χ1v) is 8.48. The smallest absolute Gasteiger partial charge is 0.408 e. The molecule has 138 valence electrons. The summed E-state index contributed by atoms with van der Waals surface area (Å²) in [6.07, 6.45) is 2.26. The fraction of sp³-hybridized carbons (Fsp3) is 0.824. The van der Waals surface area contributed by atoms with Gasteiger partial charge >= 0.3 is 18.0 Å². The van der Waals surface area contributed by atoms with Gasteiger partial charge in [-0.3, -0.25) is 0 Å². The van der Waals surface area contributed by atoms with E-state index in [1.54, 1.807) is 20.8 Å². The van der Waals surface area contributed by atoms with Gasteiger partial charge < -0.3 is 20.5 Å². The molecule has 0 saturated heterocycles. The highest BCUT2D eigenvalue weighted by atomic mass is 16.6. The Balaban J connectivity index is 2.59. The molecule has 3 N–H and O–H groups in total. The molecule has 24 heavy (non-hydrogen) atoms. The summed E-state index contributed by atoms with van der Waals surface area (Å²) in [6, 6.07) is -1.75. The standard InChI is InChI=1S/C17H30N2O5/c1-10(2)8-13(19-16(22)24-17(3,4)5)15(21)23-14(20)12(18)9-11-6-7-11/h10-13H,6-9,18H2,1-5H3,(H,19,22)/t12-,13+/m0/s1. The highest BCUT2D eigenvalue weighted by Crippen LogP contribution is 2.33. The van der Waals surface area contributed by atoms with Gasteiger partial charge in [-0.2, -0.15) is 0 Å². The lowest BCUT2D eigenvalue weighted by Crippen LogP contribution is -2.46. The van der Waals surface area contributed by atoms with Crippen LogP contribution >= 0.6 is 0 Å². The lowest BCUT2D eigenvalue weighted by molar-refractivity contribution is -0.162. The van der Waals surface area contributed by atoms with Gasteiger partial charge in [-0.15, -0.1) is 0 Å². The molecular weight excluding hydrogens is 312 g/mol. The van der Waals surface area contributed by atoms with Gasteiger partial charge in [0.2, 0.25) is 0 Å². The van der Waals surface area contributed by atoms with E-state index in [1.165, 1.54) is 0 Å². The average Bonchev–Trinajstić information content (AvgIpc) is 3.18. The summed E-state index contributed by atoms with van der Waals surface area (Å²) in [5, 5.41) is 2.47. The van der Waals surface area contributed by atoms with E-state index < -0.39 is 35.7 Å². The minimum atomic E-state index is -0.947. The van der Waals surface area contributed by atoms with Crippen LogP contribution in [0.1, 0.15) is 60.3 Å². The number of esters is 2. The molecule has 0 heterocycles. The maximum atomic E-state index is 12.2. The Labute approximate surface area is 143 Å². The van der Waals surface area contributed by atoms with Crippen LogP contribution in [0, 0.1) is 11.8 Å². The molecule has 0 radical (unpaired) electrons. The van der Waals surface area contributed by atoms with Crippen LogP contribution in [0.2, 0.25) is 0 Å². The summed E-state index contributed by atoms with van der Waals surface area (Å²) >= 11 is 0. The predicted octanol–water partition coefficient (Wildman–Crippen LogP) is 2.12. The van der Waals surface area contributed by atoms with Gasteiger partial charge in [-0.1, -0.05) is 26.7 Å². The lowest BCUT2D eigenvalue weighted by Gasteiger charge is -2.23. The number of amides is 1. The van der Waals surface area contributed by atoms with Crippen molar-refractivity contribution in [1.82, 2.24) is 5.32 Å². The highest BCUT2D eigenvalue weighted by Gasteiger charge is 2.32. The fourth-order valence-electron chi connectivity index (χ4n) is 2.19. The van der Waals surface area contributed by atoms with Crippen LogP contribution in [0.25, 0.3) is 0 Å². The Bertz CT molecular complexity index is 466. The van der Waals surface area contributed by atoms with Crippen molar-refractivity contribution in [2.24, 2.45) is 17.6 Å². The van der Waals surface area contributed by atoms with Crippen LogP contribution in [0.5, 0.6) is 0 Å². The van der Waals surface area contributed by atoms with Crippen LogP contribution in [0.3, 0.4) is 0 Å². The molecule has 1 fully saturated rings. The summed E-state index contributed by atoms with van der Waals surface area (Å²) in [5.74, 6) is -0.973. The van der Waals surface area contributed by atoms with Gasteiger partial charge in [0.25, 0.3) is 0 Å². The van der Waals surface area contributed by atoms with Gasteiger partial charge in [-0.25, -0.2) is 14.4 Å². The molecule has 0 unspecified atom stereocenters. The molecule has 0 spiro atoms. The zero-order chi connectivity index (χ0) is 18.5. The molecule has 0 bridgehead atoms. The van der Waals surface area contributed by atoms with Gasteiger partial charge in [0, 0.05) is 0 Å². The number of nitrogens with one attached hydrogen (secondary N) is 1. The van der Waals surface area contributed by atoms with Crippen LogP contribution in [-0.4, -0.2) is 35.7 Å². The van der Waals surface area contributed by atoms with Gasteiger partial charge in [0.05, 0.1) is 0 Å². The molecule has 7 nitrogen and oxygen atoms in total. The number of nitrogens with two attached hydrogens (primary N) is 1. The first-order valence-electron chi connectivity index (χ1n) is 8.48. The monoisotopic (exact) mass is 342 g/mol. The van der Waals surface area contributed by atoms with Crippen molar-refractivity contribution in [3.8, 4) is 0 Å². The zero-order valence-corrected chi connectivity index (χ0v) is 15.3. The van der Waals surface area contributed by atoms with E-state index in [0.717, 1.165) is 12.8 Å². The topological polar surface area (TPSA) is 108 Å². The average molecular weight is 342 g/mol. The molecule has 2 atom stereocenters. The number of hydrogen-bond donors (Lipinski definition) is 2. The summed E-state index contributed by atoms with van der Waals surface area (Å²) in [5.41, 5.74) is 5.07. The molecule has 7 heteroatoms.